The predicted molar refractivity (Wildman–Crippen MR) is 52.7 cm³/mol. The topological polar surface area (TPSA) is 69.6 Å². The molecule has 14 heavy (non-hydrogen) atoms. The number of amides is 1. The average Bonchev–Trinajstić information content (AvgIpc) is 2.14. The Morgan fingerprint density at radius 2 is 2.21 bits per heavy atom. The molecular formula is C10H19NO3. The van der Waals surface area contributed by atoms with Gasteiger partial charge in [0.2, 0.25) is 5.91 Å². The van der Waals surface area contributed by atoms with Gasteiger partial charge < -0.3 is 15.5 Å². The lowest BCUT2D eigenvalue weighted by molar-refractivity contribution is -0.129. The van der Waals surface area contributed by atoms with E-state index in [0.717, 1.165) is 0 Å². The molecule has 0 radical (unpaired) electrons. The Hall–Kier alpha value is -0.610. The second-order valence-corrected chi connectivity index (χ2v) is 4.52. The molecule has 1 saturated carbocycles. The lowest BCUT2D eigenvalue weighted by Gasteiger charge is -2.49. The minimum absolute atomic E-state index is 0.0379. The van der Waals surface area contributed by atoms with Gasteiger partial charge in [0.1, 0.15) is 0 Å². The zero-order valence-electron chi connectivity index (χ0n) is 8.79. The van der Waals surface area contributed by atoms with E-state index in [-0.39, 0.29) is 30.1 Å². The van der Waals surface area contributed by atoms with Crippen LogP contribution >= 0.6 is 0 Å². The number of rotatable bonds is 4. The van der Waals surface area contributed by atoms with Crippen molar-refractivity contribution in [3.05, 3.63) is 0 Å². The fourth-order valence-corrected chi connectivity index (χ4v) is 1.65. The van der Waals surface area contributed by atoms with Gasteiger partial charge in [0.15, 0.2) is 0 Å². The Labute approximate surface area is 84.3 Å². The number of carbonyl (C=O) groups excluding carboxylic acids is 1. The van der Waals surface area contributed by atoms with Crippen LogP contribution in [0.1, 0.15) is 33.1 Å². The Balaban J connectivity index is 2.29. The summed E-state index contributed by atoms with van der Waals surface area (Å²) in [5.74, 6) is -0.0379. The summed E-state index contributed by atoms with van der Waals surface area (Å²) in [6.45, 7) is 3.93. The number of nitrogens with one attached hydrogen (secondary N) is 1. The highest BCUT2D eigenvalue weighted by Crippen LogP contribution is 2.40. The van der Waals surface area contributed by atoms with Crippen LogP contribution in [-0.2, 0) is 4.79 Å². The molecule has 1 aliphatic rings. The molecule has 0 heterocycles. The van der Waals surface area contributed by atoms with E-state index in [9.17, 15) is 9.90 Å². The summed E-state index contributed by atoms with van der Waals surface area (Å²) >= 11 is 0. The number of aliphatic hydroxyl groups is 2. The first-order valence-corrected chi connectivity index (χ1v) is 5.06. The highest BCUT2D eigenvalue weighted by molar-refractivity contribution is 5.76. The van der Waals surface area contributed by atoms with Crippen molar-refractivity contribution in [3.63, 3.8) is 0 Å². The van der Waals surface area contributed by atoms with Crippen LogP contribution < -0.4 is 5.32 Å². The molecule has 1 aliphatic carbocycles. The van der Waals surface area contributed by atoms with Crippen LogP contribution in [0, 0.1) is 5.41 Å². The van der Waals surface area contributed by atoms with Gasteiger partial charge in [-0.2, -0.15) is 0 Å². The van der Waals surface area contributed by atoms with Crippen molar-refractivity contribution < 1.29 is 15.0 Å². The lowest BCUT2D eigenvalue weighted by atomic mass is 9.64. The Bertz CT molecular complexity index is 215. The zero-order valence-corrected chi connectivity index (χ0v) is 8.79. The van der Waals surface area contributed by atoms with Crippen LogP contribution in [0.15, 0.2) is 0 Å². The van der Waals surface area contributed by atoms with E-state index in [0.29, 0.717) is 19.3 Å². The molecule has 0 aromatic carbocycles. The largest absolute Gasteiger partial charge is 0.396 e. The summed E-state index contributed by atoms with van der Waals surface area (Å²) in [4.78, 5) is 11.3. The number of hydrogen-bond donors (Lipinski definition) is 3. The number of carbonyl (C=O) groups is 1. The van der Waals surface area contributed by atoms with E-state index < -0.39 is 0 Å². The summed E-state index contributed by atoms with van der Waals surface area (Å²) in [6, 6.07) is 0.0729. The van der Waals surface area contributed by atoms with Crippen LogP contribution in [0.3, 0.4) is 0 Å². The van der Waals surface area contributed by atoms with Crippen molar-refractivity contribution in [1.82, 2.24) is 5.32 Å². The van der Waals surface area contributed by atoms with Gasteiger partial charge in [-0.1, -0.05) is 13.8 Å². The second kappa shape index (κ2) is 4.28. The summed E-state index contributed by atoms with van der Waals surface area (Å²) in [7, 11) is 0. The van der Waals surface area contributed by atoms with Gasteiger partial charge in [-0.05, 0) is 12.8 Å². The molecule has 1 amide bonds. The van der Waals surface area contributed by atoms with Crippen LogP contribution in [0.2, 0.25) is 0 Å². The van der Waals surface area contributed by atoms with E-state index in [1.807, 2.05) is 13.8 Å². The van der Waals surface area contributed by atoms with E-state index in [4.69, 9.17) is 5.11 Å². The molecule has 82 valence electrons. The van der Waals surface area contributed by atoms with Crippen molar-refractivity contribution in [1.29, 1.82) is 0 Å². The monoisotopic (exact) mass is 201 g/mol. The molecule has 0 saturated heterocycles. The molecule has 1 fully saturated rings. The predicted octanol–water partition coefficient (Wildman–Crippen LogP) is 0.0345. The molecule has 3 N–H and O–H groups in total. The molecule has 4 heteroatoms. The third-order valence-corrected chi connectivity index (χ3v) is 3.11. The molecule has 0 aromatic rings. The molecule has 4 nitrogen and oxygen atoms in total. The van der Waals surface area contributed by atoms with Crippen LogP contribution in [0.5, 0.6) is 0 Å². The molecule has 0 bridgehead atoms. The number of hydrogen-bond acceptors (Lipinski definition) is 3. The maximum Gasteiger partial charge on any atom is 0.220 e. The van der Waals surface area contributed by atoms with Crippen LogP contribution in [-0.4, -0.2) is 34.9 Å². The van der Waals surface area contributed by atoms with Crippen molar-refractivity contribution >= 4 is 5.91 Å². The van der Waals surface area contributed by atoms with Gasteiger partial charge in [0, 0.05) is 24.5 Å². The first kappa shape index (κ1) is 11.5. The SMILES string of the molecule is CC1(C)C(O)CC1NC(=O)CCCO. The Morgan fingerprint density at radius 3 is 2.64 bits per heavy atom. The highest BCUT2D eigenvalue weighted by atomic mass is 16.3. The van der Waals surface area contributed by atoms with Crippen molar-refractivity contribution in [2.75, 3.05) is 6.61 Å². The van der Waals surface area contributed by atoms with Crippen molar-refractivity contribution in [2.45, 2.75) is 45.3 Å². The quantitative estimate of drug-likeness (QED) is 0.601. The maximum absolute atomic E-state index is 11.3. The van der Waals surface area contributed by atoms with E-state index in [1.165, 1.54) is 0 Å². The first-order valence-electron chi connectivity index (χ1n) is 5.06. The van der Waals surface area contributed by atoms with E-state index >= 15 is 0 Å². The summed E-state index contributed by atoms with van der Waals surface area (Å²) in [6.07, 6.45) is 1.18. The van der Waals surface area contributed by atoms with Crippen molar-refractivity contribution in [3.8, 4) is 0 Å². The highest BCUT2D eigenvalue weighted by Gasteiger charge is 2.47. The van der Waals surface area contributed by atoms with E-state index in [2.05, 4.69) is 5.32 Å². The van der Waals surface area contributed by atoms with Gasteiger partial charge in [-0.3, -0.25) is 4.79 Å². The molecule has 0 aromatic heterocycles. The number of aliphatic hydroxyl groups excluding tert-OH is 2. The van der Waals surface area contributed by atoms with Gasteiger partial charge >= 0.3 is 0 Å². The third kappa shape index (κ3) is 2.25. The fraction of sp³-hybridized carbons (Fsp3) is 0.900. The summed E-state index contributed by atoms with van der Waals surface area (Å²) < 4.78 is 0. The molecule has 2 atom stereocenters. The maximum atomic E-state index is 11.3. The molecule has 1 rings (SSSR count). The normalized spacial score (nSPS) is 29.4. The first-order chi connectivity index (χ1) is 6.48. The standard InChI is InChI=1S/C10H19NO3/c1-10(2)7(6-8(10)13)11-9(14)4-3-5-12/h7-8,12-13H,3-6H2,1-2H3,(H,11,14). The van der Waals surface area contributed by atoms with Gasteiger partial charge in [0.05, 0.1) is 6.10 Å². The summed E-state index contributed by atoms with van der Waals surface area (Å²) in [5, 5.41) is 20.9. The van der Waals surface area contributed by atoms with Gasteiger partial charge in [-0.15, -0.1) is 0 Å². The zero-order chi connectivity index (χ0) is 10.8. The minimum atomic E-state index is -0.314. The fourth-order valence-electron chi connectivity index (χ4n) is 1.65. The molecule has 2 unspecified atom stereocenters. The van der Waals surface area contributed by atoms with Crippen LogP contribution in [0.25, 0.3) is 0 Å². The van der Waals surface area contributed by atoms with Gasteiger partial charge in [0.25, 0.3) is 0 Å². The molecule has 0 spiro atoms. The minimum Gasteiger partial charge on any atom is -0.396 e. The molecule has 0 aliphatic heterocycles. The van der Waals surface area contributed by atoms with Crippen molar-refractivity contribution in [2.24, 2.45) is 5.41 Å². The van der Waals surface area contributed by atoms with Crippen LogP contribution in [0.4, 0.5) is 0 Å². The van der Waals surface area contributed by atoms with E-state index in [1.54, 1.807) is 0 Å². The Morgan fingerprint density at radius 1 is 1.57 bits per heavy atom. The average molecular weight is 201 g/mol. The lowest BCUT2D eigenvalue weighted by Crippen LogP contribution is -2.61. The Kier molecular flexibility index (Phi) is 3.50. The second-order valence-electron chi connectivity index (χ2n) is 4.52. The summed E-state index contributed by atoms with van der Waals surface area (Å²) in [5.41, 5.74) is -0.213. The third-order valence-electron chi connectivity index (χ3n) is 3.11. The smallest absolute Gasteiger partial charge is 0.220 e. The van der Waals surface area contributed by atoms with Gasteiger partial charge in [-0.25, -0.2) is 0 Å². The molecular weight excluding hydrogens is 182 g/mol.